The molecule has 1 aromatic carbocycles. The number of nitrogens with zero attached hydrogens (tertiary/aromatic N) is 2. The van der Waals surface area contributed by atoms with Gasteiger partial charge in [-0.25, -0.2) is 4.98 Å². The van der Waals surface area contributed by atoms with Crippen molar-refractivity contribution < 1.29 is 0 Å². The summed E-state index contributed by atoms with van der Waals surface area (Å²) < 4.78 is 0. The highest BCUT2D eigenvalue weighted by molar-refractivity contribution is 5.62. The van der Waals surface area contributed by atoms with Gasteiger partial charge in [-0.2, -0.15) is 0 Å². The molecule has 0 aliphatic heterocycles. The molecule has 3 rings (SSSR count). The lowest BCUT2D eigenvalue weighted by Gasteiger charge is -2.44. The van der Waals surface area contributed by atoms with Crippen molar-refractivity contribution in [3.8, 4) is 0 Å². The minimum absolute atomic E-state index is 0.325. The summed E-state index contributed by atoms with van der Waals surface area (Å²) in [7, 11) is 0. The lowest BCUT2D eigenvalue weighted by atomic mass is 9.87. The molecule has 3 heteroatoms. The number of nitrogens with two attached hydrogens (primary N) is 1. The van der Waals surface area contributed by atoms with Crippen molar-refractivity contribution in [3.63, 3.8) is 0 Å². The molecule has 1 heterocycles. The van der Waals surface area contributed by atoms with Crippen LogP contribution >= 0.6 is 0 Å². The fourth-order valence-electron chi connectivity index (χ4n) is 3.07. The fourth-order valence-corrected chi connectivity index (χ4v) is 3.07. The zero-order valence-corrected chi connectivity index (χ0v) is 11.7. The van der Waals surface area contributed by atoms with Gasteiger partial charge >= 0.3 is 0 Å². The zero-order valence-electron chi connectivity index (χ0n) is 11.7. The Bertz CT molecular complexity index is 493. The predicted octanol–water partition coefficient (Wildman–Crippen LogP) is 3.84. The van der Waals surface area contributed by atoms with Crippen LogP contribution in [0.2, 0.25) is 0 Å². The minimum atomic E-state index is -0.325. The highest BCUT2D eigenvalue weighted by Gasteiger charge is 2.35. The van der Waals surface area contributed by atoms with Gasteiger partial charge in [0.05, 0.1) is 5.66 Å². The predicted molar refractivity (Wildman–Crippen MR) is 82.8 cm³/mol. The summed E-state index contributed by atoms with van der Waals surface area (Å²) in [5.74, 6) is 0.933. The van der Waals surface area contributed by atoms with E-state index in [1.54, 1.807) is 0 Å². The van der Waals surface area contributed by atoms with E-state index in [0.29, 0.717) is 0 Å². The van der Waals surface area contributed by atoms with E-state index in [0.717, 1.165) is 24.3 Å². The van der Waals surface area contributed by atoms with Crippen LogP contribution in [0.5, 0.6) is 0 Å². The quantitative estimate of drug-likeness (QED) is 0.859. The van der Waals surface area contributed by atoms with E-state index < -0.39 is 0 Å². The van der Waals surface area contributed by atoms with Crippen molar-refractivity contribution in [2.45, 2.75) is 37.8 Å². The second kappa shape index (κ2) is 5.63. The van der Waals surface area contributed by atoms with Crippen LogP contribution in [0, 0.1) is 0 Å². The van der Waals surface area contributed by atoms with Crippen molar-refractivity contribution in [3.05, 3.63) is 54.7 Å². The van der Waals surface area contributed by atoms with E-state index in [1.807, 2.05) is 30.5 Å². The van der Waals surface area contributed by atoms with Gasteiger partial charge in [0.15, 0.2) is 0 Å². The Morgan fingerprint density at radius 2 is 1.60 bits per heavy atom. The average Bonchev–Trinajstić information content (AvgIpc) is 2.50. The van der Waals surface area contributed by atoms with Gasteiger partial charge in [0, 0.05) is 11.9 Å². The number of hydrogen-bond acceptors (Lipinski definition) is 3. The molecular formula is C17H21N3. The van der Waals surface area contributed by atoms with Crippen LogP contribution in [-0.2, 0) is 0 Å². The Kier molecular flexibility index (Phi) is 3.70. The minimum Gasteiger partial charge on any atom is -0.308 e. The number of aromatic nitrogens is 1. The van der Waals surface area contributed by atoms with Gasteiger partial charge < -0.3 is 10.6 Å². The van der Waals surface area contributed by atoms with Crippen molar-refractivity contribution >= 4 is 11.5 Å². The molecule has 1 aliphatic carbocycles. The van der Waals surface area contributed by atoms with Gasteiger partial charge in [-0.05, 0) is 49.9 Å². The van der Waals surface area contributed by atoms with Gasteiger partial charge in [-0.15, -0.1) is 0 Å². The molecule has 1 aromatic heterocycles. The van der Waals surface area contributed by atoms with Gasteiger partial charge in [0.25, 0.3) is 0 Å². The van der Waals surface area contributed by atoms with Gasteiger partial charge in [0.2, 0.25) is 0 Å². The molecule has 0 bridgehead atoms. The maximum Gasteiger partial charge on any atom is 0.134 e. The lowest BCUT2D eigenvalue weighted by molar-refractivity contribution is 0.300. The fraction of sp³-hybridized carbons (Fsp3) is 0.353. The Balaban J connectivity index is 2.04. The van der Waals surface area contributed by atoms with E-state index in [9.17, 15) is 0 Å². The van der Waals surface area contributed by atoms with Gasteiger partial charge in [-0.3, -0.25) is 0 Å². The van der Waals surface area contributed by atoms with Crippen LogP contribution < -0.4 is 10.6 Å². The van der Waals surface area contributed by atoms with Gasteiger partial charge in [0.1, 0.15) is 5.82 Å². The number of pyridine rings is 1. The lowest BCUT2D eigenvalue weighted by Crippen LogP contribution is -2.55. The molecule has 1 fully saturated rings. The molecule has 3 nitrogen and oxygen atoms in total. The first-order valence-corrected chi connectivity index (χ1v) is 7.35. The van der Waals surface area contributed by atoms with E-state index in [-0.39, 0.29) is 5.66 Å². The number of benzene rings is 1. The number of hydrogen-bond donors (Lipinski definition) is 1. The molecule has 104 valence electrons. The Labute approximate surface area is 120 Å². The molecule has 0 radical (unpaired) electrons. The molecule has 0 amide bonds. The number of para-hydroxylation sites is 1. The van der Waals surface area contributed by atoms with Gasteiger partial charge in [-0.1, -0.05) is 30.7 Å². The van der Waals surface area contributed by atoms with Crippen LogP contribution in [0.25, 0.3) is 0 Å². The second-order valence-corrected chi connectivity index (χ2v) is 5.52. The molecule has 0 spiro atoms. The summed E-state index contributed by atoms with van der Waals surface area (Å²) in [6.07, 6.45) is 7.51. The maximum atomic E-state index is 6.75. The largest absolute Gasteiger partial charge is 0.308 e. The van der Waals surface area contributed by atoms with Crippen LogP contribution in [0.1, 0.15) is 32.1 Å². The van der Waals surface area contributed by atoms with Crippen LogP contribution in [0.3, 0.4) is 0 Å². The number of anilines is 2. The van der Waals surface area contributed by atoms with Crippen LogP contribution in [0.4, 0.5) is 11.5 Å². The molecule has 2 N–H and O–H groups in total. The molecule has 0 unspecified atom stereocenters. The highest BCUT2D eigenvalue weighted by atomic mass is 15.3. The van der Waals surface area contributed by atoms with E-state index in [4.69, 9.17) is 5.73 Å². The first-order valence-electron chi connectivity index (χ1n) is 7.35. The highest BCUT2D eigenvalue weighted by Crippen LogP contribution is 2.37. The SMILES string of the molecule is NC1(N(c2ccccc2)c2ccccn2)CCCCC1. The van der Waals surface area contributed by atoms with Crippen molar-refractivity contribution in [2.75, 3.05) is 4.90 Å². The maximum absolute atomic E-state index is 6.75. The topological polar surface area (TPSA) is 42.1 Å². The summed E-state index contributed by atoms with van der Waals surface area (Å²) in [6.45, 7) is 0. The van der Waals surface area contributed by atoms with Crippen LogP contribution in [-0.4, -0.2) is 10.6 Å². The Hall–Kier alpha value is -1.87. The van der Waals surface area contributed by atoms with Crippen molar-refractivity contribution in [1.29, 1.82) is 0 Å². The normalized spacial score (nSPS) is 17.6. The molecule has 2 aromatic rings. The first kappa shape index (κ1) is 13.1. The Morgan fingerprint density at radius 1 is 0.900 bits per heavy atom. The summed E-state index contributed by atoms with van der Waals surface area (Å²) in [5, 5.41) is 0. The third-order valence-corrected chi connectivity index (χ3v) is 4.06. The molecule has 20 heavy (non-hydrogen) atoms. The first-order chi connectivity index (χ1) is 9.80. The molecule has 1 saturated carbocycles. The monoisotopic (exact) mass is 267 g/mol. The Morgan fingerprint density at radius 3 is 2.25 bits per heavy atom. The third-order valence-electron chi connectivity index (χ3n) is 4.06. The summed E-state index contributed by atoms with van der Waals surface area (Å²) in [6, 6.07) is 16.4. The second-order valence-electron chi connectivity index (χ2n) is 5.52. The molecule has 0 atom stereocenters. The third kappa shape index (κ3) is 2.54. The number of rotatable bonds is 3. The van der Waals surface area contributed by atoms with E-state index >= 15 is 0 Å². The zero-order chi connectivity index (χ0) is 13.8. The average molecular weight is 267 g/mol. The molecular weight excluding hydrogens is 246 g/mol. The summed E-state index contributed by atoms with van der Waals surface area (Å²) >= 11 is 0. The van der Waals surface area contributed by atoms with Crippen molar-refractivity contribution in [1.82, 2.24) is 4.98 Å². The molecule has 0 saturated heterocycles. The molecule has 1 aliphatic rings. The summed E-state index contributed by atoms with van der Waals surface area (Å²) in [5.41, 5.74) is 7.55. The smallest absolute Gasteiger partial charge is 0.134 e. The standard InChI is InChI=1S/C17H21N3/c18-17(12-6-2-7-13-17)20(15-9-3-1-4-10-15)16-11-5-8-14-19-16/h1,3-5,8-11,14H,2,6-7,12-13,18H2. The van der Waals surface area contributed by atoms with Crippen LogP contribution in [0.15, 0.2) is 54.7 Å². The summed E-state index contributed by atoms with van der Waals surface area (Å²) in [4.78, 5) is 6.74. The van der Waals surface area contributed by atoms with Crippen molar-refractivity contribution in [2.24, 2.45) is 5.73 Å². The van der Waals surface area contributed by atoms with E-state index in [1.165, 1.54) is 19.3 Å². The van der Waals surface area contributed by atoms with E-state index in [2.05, 4.69) is 34.1 Å².